The molecule has 9 nitrogen and oxygen atoms in total. The van der Waals surface area contributed by atoms with Gasteiger partial charge >= 0.3 is 0 Å². The van der Waals surface area contributed by atoms with Crippen LogP contribution in [0.1, 0.15) is 35.0 Å². The molecule has 4 heterocycles. The summed E-state index contributed by atoms with van der Waals surface area (Å²) in [5.41, 5.74) is 7.52. The number of aryl methyl sites for hydroxylation is 1. The Kier molecular flexibility index (Phi) is 6.78. The van der Waals surface area contributed by atoms with Gasteiger partial charge in [0.05, 0.1) is 27.6 Å². The van der Waals surface area contributed by atoms with Crippen molar-refractivity contribution in [2.24, 2.45) is 0 Å². The lowest BCUT2D eigenvalue weighted by Crippen LogP contribution is -2.35. The molecule has 11 heteroatoms. The van der Waals surface area contributed by atoms with E-state index in [-0.39, 0.29) is 11.8 Å². The van der Waals surface area contributed by atoms with E-state index < -0.39 is 0 Å². The highest BCUT2D eigenvalue weighted by molar-refractivity contribution is 7.19. The predicted octanol–water partition coefficient (Wildman–Crippen LogP) is 2.15. The van der Waals surface area contributed by atoms with Crippen LogP contribution in [0.3, 0.4) is 0 Å². The van der Waals surface area contributed by atoms with E-state index in [0.717, 1.165) is 89.7 Å². The average Bonchev–Trinajstić information content (AvgIpc) is 3.43. The molecule has 1 aliphatic heterocycles. The number of hydrogen-bond acceptors (Lipinski definition) is 7. The molecule has 39 heavy (non-hydrogen) atoms. The van der Waals surface area contributed by atoms with Crippen molar-refractivity contribution in [1.29, 1.82) is 0 Å². The molecule has 1 saturated heterocycles. The van der Waals surface area contributed by atoms with Crippen LogP contribution in [-0.2, 0) is 17.6 Å². The van der Waals surface area contributed by atoms with Crippen LogP contribution >= 0.6 is 11.3 Å². The molecular weight excluding hydrogens is 509 g/mol. The number of carbonyl (C=O) groups excluding carboxylic acids is 2. The van der Waals surface area contributed by atoms with Crippen LogP contribution in [0, 0.1) is 0 Å². The fourth-order valence-corrected chi connectivity index (χ4v) is 6.56. The van der Waals surface area contributed by atoms with Gasteiger partial charge in [-0.3, -0.25) is 14.6 Å². The zero-order valence-electron chi connectivity index (χ0n) is 22.4. The fourth-order valence-electron chi connectivity index (χ4n) is 5.44. The van der Waals surface area contributed by atoms with Gasteiger partial charge in [0.1, 0.15) is 7.85 Å². The third kappa shape index (κ3) is 4.88. The Morgan fingerprint density at radius 2 is 1.97 bits per heavy atom. The molecule has 0 saturated carbocycles. The summed E-state index contributed by atoms with van der Waals surface area (Å²) in [6.45, 7) is 4.90. The van der Waals surface area contributed by atoms with Gasteiger partial charge in [0.15, 0.2) is 5.13 Å². The van der Waals surface area contributed by atoms with Crippen molar-refractivity contribution in [1.82, 2.24) is 29.5 Å². The van der Waals surface area contributed by atoms with Gasteiger partial charge in [0.2, 0.25) is 5.91 Å². The zero-order chi connectivity index (χ0) is 27.1. The third-order valence-corrected chi connectivity index (χ3v) is 8.42. The number of fused-ring (bicyclic) bond motifs is 3. The van der Waals surface area contributed by atoms with Crippen molar-refractivity contribution in [3.8, 4) is 27.5 Å². The lowest BCUT2D eigenvalue weighted by atomic mass is 9.91. The minimum Gasteiger partial charge on any atom is -0.337 e. The highest BCUT2D eigenvalue weighted by Crippen LogP contribution is 2.43. The van der Waals surface area contributed by atoms with Crippen LogP contribution in [-0.4, -0.2) is 82.4 Å². The Hall–Kier alpha value is -3.83. The third-order valence-electron chi connectivity index (χ3n) is 7.40. The van der Waals surface area contributed by atoms with Gasteiger partial charge in [0.25, 0.3) is 5.91 Å². The molecular formula is C28H30BN7O2S. The SMILES string of the molecule is Bc1cc(C(=O)N2CCCN(C)CC2)ccc1-n1nc(-c2cccnc2)c2c1-c1sc(NC(C)=O)nc1CC2. The number of nitrogens with one attached hydrogen (secondary N) is 1. The van der Waals surface area contributed by atoms with Crippen molar-refractivity contribution in [2.75, 3.05) is 38.5 Å². The summed E-state index contributed by atoms with van der Waals surface area (Å²) >= 11 is 1.47. The molecule has 0 atom stereocenters. The highest BCUT2D eigenvalue weighted by atomic mass is 32.1. The number of amides is 2. The number of aromatic nitrogens is 4. The van der Waals surface area contributed by atoms with E-state index in [9.17, 15) is 9.59 Å². The fraction of sp³-hybridized carbons (Fsp3) is 0.321. The standard InChI is InChI=1S/C28H30BN7O2S/c1-17(37)31-28-32-22-8-7-20-24(19-5-3-10-30-16-19)33-36(25(20)26(22)39-28)23-9-6-18(15-21(23)29)27(38)35-12-4-11-34(2)13-14-35/h3,5-6,9-10,15-16H,4,7-8,11-14,29H2,1-2H3,(H,31,32,37). The van der Waals surface area contributed by atoms with Crippen LogP contribution in [0.4, 0.5) is 5.13 Å². The number of nitrogens with zero attached hydrogens (tertiary/aromatic N) is 6. The van der Waals surface area contributed by atoms with Crippen molar-refractivity contribution in [2.45, 2.75) is 26.2 Å². The first-order chi connectivity index (χ1) is 18.9. The summed E-state index contributed by atoms with van der Waals surface area (Å²) in [6, 6.07) is 9.83. The van der Waals surface area contributed by atoms with Crippen LogP contribution in [0.5, 0.6) is 0 Å². The van der Waals surface area contributed by atoms with E-state index in [1.54, 1.807) is 6.20 Å². The van der Waals surface area contributed by atoms with Crippen LogP contribution in [0.25, 0.3) is 27.5 Å². The molecule has 198 valence electrons. The quantitative estimate of drug-likeness (QED) is 0.400. The van der Waals surface area contributed by atoms with Crippen molar-refractivity contribution >= 4 is 41.6 Å². The number of anilines is 1. The normalized spacial score (nSPS) is 15.4. The summed E-state index contributed by atoms with van der Waals surface area (Å²) in [4.78, 5) is 39.4. The lowest BCUT2D eigenvalue weighted by molar-refractivity contribution is -0.114. The largest absolute Gasteiger partial charge is 0.337 e. The summed E-state index contributed by atoms with van der Waals surface area (Å²) in [5, 5.41) is 8.55. The first-order valence-corrected chi connectivity index (χ1v) is 14.1. The average molecular weight is 539 g/mol. The molecule has 0 bridgehead atoms. The maximum Gasteiger partial charge on any atom is 0.253 e. The highest BCUT2D eigenvalue weighted by Gasteiger charge is 2.30. The minimum absolute atomic E-state index is 0.0724. The monoisotopic (exact) mass is 539 g/mol. The van der Waals surface area contributed by atoms with E-state index in [2.05, 4.69) is 22.2 Å². The van der Waals surface area contributed by atoms with Crippen molar-refractivity contribution in [3.63, 3.8) is 0 Å². The van der Waals surface area contributed by atoms with Gasteiger partial charge in [-0.05, 0) is 57.1 Å². The minimum atomic E-state index is -0.141. The lowest BCUT2D eigenvalue weighted by Gasteiger charge is -2.21. The van der Waals surface area contributed by atoms with Crippen LogP contribution < -0.4 is 10.8 Å². The second-order valence-corrected chi connectivity index (χ2v) is 11.3. The second-order valence-electron chi connectivity index (χ2n) is 10.3. The number of hydrogen-bond donors (Lipinski definition) is 1. The Morgan fingerprint density at radius 3 is 2.74 bits per heavy atom. The van der Waals surface area contributed by atoms with E-state index in [1.807, 2.05) is 54.0 Å². The topological polar surface area (TPSA) is 96.3 Å². The van der Waals surface area contributed by atoms with Crippen LogP contribution in [0.15, 0.2) is 42.7 Å². The number of rotatable bonds is 4. The predicted molar refractivity (Wildman–Crippen MR) is 156 cm³/mol. The molecule has 3 aromatic heterocycles. The molecule has 1 aromatic carbocycles. The number of carbonyl (C=O) groups is 2. The molecule has 0 spiro atoms. The molecule has 0 unspecified atom stereocenters. The number of likely N-dealkylation sites (N-methyl/N-ethyl adjacent to an activating group) is 1. The molecule has 1 fully saturated rings. The van der Waals surface area contributed by atoms with E-state index in [4.69, 9.17) is 10.1 Å². The molecule has 1 aliphatic carbocycles. The maximum absolute atomic E-state index is 13.4. The van der Waals surface area contributed by atoms with E-state index in [1.165, 1.54) is 18.3 Å². The molecule has 6 rings (SSSR count). The summed E-state index contributed by atoms with van der Waals surface area (Å²) in [7, 11) is 4.13. The summed E-state index contributed by atoms with van der Waals surface area (Å²) < 4.78 is 1.98. The Labute approximate surface area is 232 Å². The Morgan fingerprint density at radius 1 is 1.10 bits per heavy atom. The maximum atomic E-state index is 13.4. The molecule has 2 aliphatic rings. The molecule has 0 radical (unpaired) electrons. The zero-order valence-corrected chi connectivity index (χ0v) is 23.2. The van der Waals surface area contributed by atoms with E-state index >= 15 is 0 Å². The Bertz CT molecular complexity index is 1570. The smallest absolute Gasteiger partial charge is 0.253 e. The number of pyridine rings is 1. The van der Waals surface area contributed by atoms with E-state index in [0.29, 0.717) is 10.7 Å². The van der Waals surface area contributed by atoms with Gasteiger partial charge in [-0.1, -0.05) is 22.9 Å². The van der Waals surface area contributed by atoms with Gasteiger partial charge in [-0.25, -0.2) is 9.67 Å². The number of thiazole rings is 1. The second kappa shape index (κ2) is 10.4. The first kappa shape index (κ1) is 25.5. The summed E-state index contributed by atoms with van der Waals surface area (Å²) in [5.74, 6) is -0.0683. The number of benzene rings is 1. The molecule has 1 N–H and O–H groups in total. The summed E-state index contributed by atoms with van der Waals surface area (Å²) in [6.07, 6.45) is 6.14. The molecule has 2 amide bonds. The van der Waals surface area contributed by atoms with Gasteiger partial charge < -0.3 is 15.1 Å². The van der Waals surface area contributed by atoms with Crippen molar-refractivity contribution < 1.29 is 9.59 Å². The van der Waals surface area contributed by atoms with Gasteiger partial charge in [-0.15, -0.1) is 0 Å². The Balaban J connectivity index is 1.43. The van der Waals surface area contributed by atoms with Crippen LogP contribution in [0.2, 0.25) is 0 Å². The first-order valence-electron chi connectivity index (χ1n) is 13.3. The van der Waals surface area contributed by atoms with Gasteiger partial charge in [-0.2, -0.15) is 5.10 Å². The van der Waals surface area contributed by atoms with Crippen molar-refractivity contribution in [3.05, 3.63) is 59.5 Å². The van der Waals surface area contributed by atoms with Gasteiger partial charge in [0, 0.05) is 55.6 Å². The molecule has 4 aromatic rings.